The second kappa shape index (κ2) is 4.91. The van der Waals surface area contributed by atoms with Crippen LogP contribution in [0.1, 0.15) is 5.56 Å². The number of H-pyrrole nitrogens is 1. The topological polar surface area (TPSA) is 137 Å². The Labute approximate surface area is 119 Å². The van der Waals surface area contributed by atoms with E-state index in [4.69, 9.17) is 11.1 Å². The second-order valence-corrected chi connectivity index (χ2v) is 4.57. The molecule has 0 unspecified atom stereocenters. The lowest BCUT2D eigenvalue weighted by atomic mass is 10.1. The van der Waals surface area contributed by atoms with E-state index in [2.05, 4.69) is 15.0 Å². The number of rotatable bonds is 3. The van der Waals surface area contributed by atoms with E-state index in [1.54, 1.807) is 4.57 Å². The molecular formula is C13H14N6O2. The van der Waals surface area contributed by atoms with Crippen LogP contribution in [-0.2, 0) is 6.42 Å². The molecule has 21 heavy (non-hydrogen) atoms. The molecule has 0 aliphatic rings. The van der Waals surface area contributed by atoms with Gasteiger partial charge in [-0.3, -0.25) is 9.98 Å². The first-order valence-corrected chi connectivity index (χ1v) is 6.32. The van der Waals surface area contributed by atoms with Gasteiger partial charge in [0.15, 0.2) is 22.6 Å². The van der Waals surface area contributed by atoms with Crippen LogP contribution < -0.4 is 11.2 Å². The molecule has 0 bridgehead atoms. The van der Waals surface area contributed by atoms with E-state index in [0.717, 1.165) is 5.56 Å². The first-order valence-electron chi connectivity index (χ1n) is 6.32. The largest absolute Gasteiger partial charge is 0.504 e. The highest BCUT2D eigenvalue weighted by Crippen LogP contribution is 2.31. The molecule has 0 aliphatic carbocycles. The Balaban J connectivity index is 2.32. The molecule has 0 radical (unpaired) electrons. The number of aromatic hydroxyl groups is 2. The molecule has 0 saturated carbocycles. The summed E-state index contributed by atoms with van der Waals surface area (Å²) in [4.78, 5) is 11.0. The van der Waals surface area contributed by atoms with Crippen molar-refractivity contribution in [3.63, 3.8) is 0 Å². The van der Waals surface area contributed by atoms with Crippen LogP contribution in [0.5, 0.6) is 11.5 Å². The first-order chi connectivity index (χ1) is 10.1. The zero-order chi connectivity index (χ0) is 15.0. The molecule has 0 saturated heterocycles. The zero-order valence-electron chi connectivity index (χ0n) is 11.0. The van der Waals surface area contributed by atoms with Crippen LogP contribution in [0.4, 0.5) is 0 Å². The van der Waals surface area contributed by atoms with E-state index < -0.39 is 0 Å². The van der Waals surface area contributed by atoms with Gasteiger partial charge in [-0.25, -0.2) is 9.97 Å². The zero-order valence-corrected chi connectivity index (χ0v) is 11.0. The lowest BCUT2D eigenvalue weighted by Gasteiger charge is -2.13. The predicted molar refractivity (Wildman–Crippen MR) is 75.2 cm³/mol. The van der Waals surface area contributed by atoms with Gasteiger partial charge < -0.3 is 20.9 Å². The summed E-state index contributed by atoms with van der Waals surface area (Å²) in [6.07, 6.45) is 3.45. The number of fused-ring (bicyclic) bond motifs is 1. The summed E-state index contributed by atoms with van der Waals surface area (Å²) < 4.78 is 1.65. The Morgan fingerprint density at radius 3 is 2.76 bits per heavy atom. The van der Waals surface area contributed by atoms with E-state index in [1.807, 2.05) is 0 Å². The van der Waals surface area contributed by atoms with Gasteiger partial charge in [0.05, 0.1) is 12.0 Å². The van der Waals surface area contributed by atoms with Crippen LogP contribution in [-0.4, -0.2) is 36.3 Å². The number of imidazole rings is 1. The average Bonchev–Trinajstić information content (AvgIpc) is 2.94. The SMILES string of the molecule is N=c1ncn(-c2cc(O)c(O)cc2CCN)c2nc[nH]c12. The molecule has 2 heterocycles. The van der Waals surface area contributed by atoms with Crippen molar-refractivity contribution in [2.24, 2.45) is 5.73 Å². The smallest absolute Gasteiger partial charge is 0.173 e. The van der Waals surface area contributed by atoms with Gasteiger partial charge >= 0.3 is 0 Å². The van der Waals surface area contributed by atoms with E-state index in [9.17, 15) is 10.2 Å². The fraction of sp³-hybridized carbons (Fsp3) is 0.154. The summed E-state index contributed by atoms with van der Waals surface area (Å²) in [6.45, 7) is 0.394. The van der Waals surface area contributed by atoms with E-state index in [0.29, 0.717) is 29.8 Å². The Kier molecular flexibility index (Phi) is 3.07. The Hall–Kier alpha value is -2.87. The Bertz CT molecular complexity index is 867. The molecular weight excluding hydrogens is 272 g/mol. The fourth-order valence-corrected chi connectivity index (χ4v) is 2.24. The number of phenols is 2. The number of nitrogens with zero attached hydrogens (tertiary/aromatic N) is 3. The molecule has 0 spiro atoms. The second-order valence-electron chi connectivity index (χ2n) is 4.57. The molecule has 6 N–H and O–H groups in total. The summed E-state index contributed by atoms with van der Waals surface area (Å²) in [6, 6.07) is 2.90. The maximum atomic E-state index is 9.75. The normalized spacial score (nSPS) is 11.1. The van der Waals surface area contributed by atoms with Crippen LogP contribution >= 0.6 is 0 Å². The quantitative estimate of drug-likeness (QED) is 0.436. The van der Waals surface area contributed by atoms with E-state index in [1.165, 1.54) is 24.8 Å². The Morgan fingerprint density at radius 1 is 1.24 bits per heavy atom. The molecule has 0 fully saturated rings. The summed E-state index contributed by atoms with van der Waals surface area (Å²) in [5, 5.41) is 27.1. The monoisotopic (exact) mass is 286 g/mol. The van der Waals surface area contributed by atoms with Crippen molar-refractivity contribution in [3.05, 3.63) is 35.8 Å². The van der Waals surface area contributed by atoms with Gasteiger partial charge in [-0.15, -0.1) is 0 Å². The van der Waals surface area contributed by atoms with Crippen molar-refractivity contribution in [1.29, 1.82) is 5.41 Å². The fourth-order valence-electron chi connectivity index (χ4n) is 2.24. The third kappa shape index (κ3) is 2.11. The molecule has 1 aromatic carbocycles. The first kappa shape index (κ1) is 13.1. The number of aromatic amines is 1. The molecule has 0 atom stereocenters. The van der Waals surface area contributed by atoms with Gasteiger partial charge in [-0.2, -0.15) is 0 Å². The third-order valence-corrected chi connectivity index (χ3v) is 3.24. The molecule has 3 aromatic rings. The molecule has 0 amide bonds. The van der Waals surface area contributed by atoms with Crippen molar-refractivity contribution < 1.29 is 10.2 Å². The minimum absolute atomic E-state index is 0.0853. The van der Waals surface area contributed by atoms with Crippen molar-refractivity contribution in [3.8, 4) is 17.2 Å². The molecule has 8 nitrogen and oxygen atoms in total. The number of benzene rings is 1. The number of phenolic OH excluding ortho intramolecular Hbond substituents is 2. The van der Waals surface area contributed by atoms with Crippen LogP contribution in [0.3, 0.4) is 0 Å². The number of nitrogens with one attached hydrogen (secondary N) is 2. The highest BCUT2D eigenvalue weighted by atomic mass is 16.3. The van der Waals surface area contributed by atoms with Gasteiger partial charge in [0, 0.05) is 6.07 Å². The van der Waals surface area contributed by atoms with E-state index in [-0.39, 0.29) is 17.0 Å². The third-order valence-electron chi connectivity index (χ3n) is 3.24. The average molecular weight is 286 g/mol. The number of aromatic nitrogens is 4. The van der Waals surface area contributed by atoms with Crippen LogP contribution in [0.2, 0.25) is 0 Å². The molecule has 108 valence electrons. The Morgan fingerprint density at radius 2 is 2.00 bits per heavy atom. The van der Waals surface area contributed by atoms with Gasteiger partial charge in [0.1, 0.15) is 11.8 Å². The summed E-state index contributed by atoms with van der Waals surface area (Å²) in [5.74, 6) is -0.442. The van der Waals surface area contributed by atoms with Crippen molar-refractivity contribution >= 4 is 11.2 Å². The minimum atomic E-state index is -0.239. The van der Waals surface area contributed by atoms with Crippen molar-refractivity contribution in [2.75, 3.05) is 6.54 Å². The maximum absolute atomic E-state index is 9.75. The van der Waals surface area contributed by atoms with Gasteiger partial charge in [0.25, 0.3) is 0 Å². The van der Waals surface area contributed by atoms with Gasteiger partial charge in [-0.1, -0.05) is 0 Å². The predicted octanol–water partition coefficient (Wildman–Crippen LogP) is 0.140. The van der Waals surface area contributed by atoms with Gasteiger partial charge in [0.2, 0.25) is 0 Å². The van der Waals surface area contributed by atoms with Crippen LogP contribution in [0.25, 0.3) is 16.9 Å². The molecule has 8 heteroatoms. The molecule has 0 aliphatic heterocycles. The molecule has 2 aromatic heterocycles. The van der Waals surface area contributed by atoms with Crippen molar-refractivity contribution in [2.45, 2.75) is 6.42 Å². The summed E-state index contributed by atoms with van der Waals surface area (Å²) in [5.41, 5.74) is 8.04. The summed E-state index contributed by atoms with van der Waals surface area (Å²) in [7, 11) is 0. The highest BCUT2D eigenvalue weighted by Gasteiger charge is 2.13. The van der Waals surface area contributed by atoms with Gasteiger partial charge in [-0.05, 0) is 24.6 Å². The number of nitrogens with two attached hydrogens (primary N) is 1. The lowest BCUT2D eigenvalue weighted by Crippen LogP contribution is -2.13. The lowest BCUT2D eigenvalue weighted by molar-refractivity contribution is 0.403. The minimum Gasteiger partial charge on any atom is -0.504 e. The standard InChI is InChI=1S/C13H14N6O2/c14-2-1-7-3-9(20)10(21)4-8(7)19-6-18-12(15)11-13(19)17-5-16-11/h3-6,15,20-21H,1-2,14H2,(H,16,17). The van der Waals surface area contributed by atoms with Crippen molar-refractivity contribution in [1.82, 2.24) is 19.5 Å². The summed E-state index contributed by atoms with van der Waals surface area (Å²) >= 11 is 0. The number of hydrogen-bond donors (Lipinski definition) is 5. The van der Waals surface area contributed by atoms with Crippen LogP contribution in [0, 0.1) is 5.41 Å². The highest BCUT2D eigenvalue weighted by molar-refractivity contribution is 5.71. The molecule has 3 rings (SSSR count). The number of hydrogen-bond acceptors (Lipinski definition) is 6. The maximum Gasteiger partial charge on any atom is 0.173 e. The van der Waals surface area contributed by atoms with Crippen LogP contribution in [0.15, 0.2) is 24.8 Å². The van der Waals surface area contributed by atoms with E-state index >= 15 is 0 Å².